The molecule has 0 amide bonds. The number of benzene rings is 4. The maximum atomic E-state index is 6.70. The number of hydrogen-bond donors (Lipinski definition) is 0. The molecule has 0 radical (unpaired) electrons. The van der Waals surface area contributed by atoms with E-state index in [-0.39, 0.29) is 38.6 Å². The quantitative estimate of drug-likeness (QED) is 0.160. The van der Waals surface area contributed by atoms with E-state index < -0.39 is 0 Å². The zero-order chi connectivity index (χ0) is 32.8. The van der Waals surface area contributed by atoms with Crippen molar-refractivity contribution in [2.24, 2.45) is 10.9 Å². The van der Waals surface area contributed by atoms with Crippen LogP contribution in [0.2, 0.25) is 0 Å². The molecule has 5 aromatic rings. The molecule has 0 saturated heterocycles. The number of ether oxygens (including phenoxy) is 2. The first-order valence-electron chi connectivity index (χ1n) is 17.3. The molecule has 3 aliphatic rings. The summed E-state index contributed by atoms with van der Waals surface area (Å²) in [5, 5.41) is 0. The van der Waals surface area contributed by atoms with E-state index in [0.29, 0.717) is 23.3 Å². The van der Waals surface area contributed by atoms with E-state index in [1.807, 2.05) is 24.4 Å². The summed E-state index contributed by atoms with van der Waals surface area (Å²) >= 11 is 0. The summed E-state index contributed by atoms with van der Waals surface area (Å²) in [5.41, 5.74) is 8.34. The largest absolute Gasteiger partial charge is 2.00 e. The van der Waals surface area contributed by atoms with E-state index in [9.17, 15) is 0 Å². The van der Waals surface area contributed by atoms with Gasteiger partial charge >= 0.3 is 21.1 Å². The minimum atomic E-state index is -0.187. The van der Waals surface area contributed by atoms with Gasteiger partial charge in [-0.25, -0.2) is 4.98 Å². The van der Waals surface area contributed by atoms with Gasteiger partial charge in [0.1, 0.15) is 17.8 Å². The van der Waals surface area contributed by atoms with E-state index in [1.54, 1.807) is 0 Å². The molecule has 0 unspecified atom stereocenters. The molecule has 49 heavy (non-hydrogen) atoms. The zero-order valence-electron chi connectivity index (χ0n) is 28.5. The minimum absolute atomic E-state index is 0. The summed E-state index contributed by atoms with van der Waals surface area (Å²) in [7, 11) is 0. The number of aryl methyl sites for hydroxylation is 2. The fourth-order valence-electron chi connectivity index (χ4n) is 7.86. The monoisotopic (exact) mass is 826 g/mol. The molecular weight excluding hydrogens is 786 g/mol. The molecule has 2 aliphatic heterocycles. The number of anilines is 3. The van der Waals surface area contributed by atoms with Crippen LogP contribution in [0.4, 0.5) is 17.2 Å². The number of aliphatic imine (C=N–C) groups is 1. The van der Waals surface area contributed by atoms with Crippen LogP contribution in [0.5, 0.6) is 11.5 Å². The third-order valence-corrected chi connectivity index (χ3v) is 10.2. The number of aromatic nitrogens is 1. The zero-order valence-corrected chi connectivity index (χ0v) is 30.8. The topological polar surface area (TPSA) is 47.0 Å². The van der Waals surface area contributed by atoms with Crippen molar-refractivity contribution in [1.29, 1.82) is 0 Å². The van der Waals surface area contributed by atoms with Crippen LogP contribution in [0, 0.1) is 31.9 Å². The Morgan fingerprint density at radius 2 is 1.49 bits per heavy atom. The van der Waals surface area contributed by atoms with Crippen LogP contribution in [-0.2, 0) is 31.2 Å². The van der Waals surface area contributed by atoms with Crippen LogP contribution >= 0.6 is 0 Å². The number of nitrogens with zero attached hydrogens (tertiary/aromatic N) is 3. The van der Waals surface area contributed by atoms with Crippen molar-refractivity contribution in [3.8, 4) is 11.5 Å². The normalized spacial score (nSPS) is 19.6. The van der Waals surface area contributed by atoms with Gasteiger partial charge in [0.15, 0.2) is 0 Å². The molecular formula is C43H41N3O2Pt. The molecule has 1 saturated carbocycles. The van der Waals surface area contributed by atoms with Crippen molar-refractivity contribution in [3.05, 3.63) is 143 Å². The van der Waals surface area contributed by atoms with Gasteiger partial charge in [-0.1, -0.05) is 125 Å². The van der Waals surface area contributed by atoms with Crippen LogP contribution in [0.1, 0.15) is 85.4 Å². The van der Waals surface area contributed by atoms with Gasteiger partial charge in [-0.2, -0.15) is 5.56 Å². The molecule has 1 aromatic heterocycles. The van der Waals surface area contributed by atoms with Crippen molar-refractivity contribution in [1.82, 2.24) is 4.98 Å². The van der Waals surface area contributed by atoms with E-state index in [4.69, 9.17) is 19.5 Å². The third-order valence-electron chi connectivity index (χ3n) is 10.2. The summed E-state index contributed by atoms with van der Waals surface area (Å²) in [5.74, 6) is 3.31. The first-order chi connectivity index (χ1) is 23.3. The van der Waals surface area contributed by atoms with Crippen LogP contribution in [0.25, 0.3) is 0 Å². The summed E-state index contributed by atoms with van der Waals surface area (Å²) in [6.07, 6.45) is 8.01. The smallest absolute Gasteiger partial charge is 0.510 e. The maximum absolute atomic E-state index is 6.70. The molecule has 5 nitrogen and oxygen atoms in total. The average Bonchev–Trinajstić information content (AvgIpc) is 3.55. The van der Waals surface area contributed by atoms with Crippen molar-refractivity contribution >= 4 is 23.1 Å². The molecule has 0 bridgehead atoms. The van der Waals surface area contributed by atoms with Gasteiger partial charge in [-0.05, 0) is 42.0 Å². The molecule has 0 N–H and O–H groups in total. The molecule has 250 valence electrons. The van der Waals surface area contributed by atoms with E-state index in [1.165, 1.54) is 48.8 Å². The van der Waals surface area contributed by atoms with E-state index >= 15 is 0 Å². The maximum Gasteiger partial charge on any atom is 2.00 e. The fraction of sp³-hybridized carbons (Fsp3) is 0.302. The van der Waals surface area contributed by atoms with Gasteiger partial charge < -0.3 is 14.4 Å². The van der Waals surface area contributed by atoms with Crippen LogP contribution < -0.4 is 9.64 Å². The predicted molar refractivity (Wildman–Crippen MR) is 192 cm³/mol. The van der Waals surface area contributed by atoms with E-state index in [0.717, 1.165) is 33.9 Å². The number of rotatable bonds is 6. The summed E-state index contributed by atoms with van der Waals surface area (Å²) < 4.78 is 13.3. The second-order valence-corrected chi connectivity index (χ2v) is 14.1. The molecule has 1 fully saturated rings. The van der Waals surface area contributed by atoms with Gasteiger partial charge in [-0.15, -0.1) is 29.8 Å². The van der Waals surface area contributed by atoms with E-state index in [2.05, 4.69) is 118 Å². The Bertz CT molecular complexity index is 1950. The van der Waals surface area contributed by atoms with Gasteiger partial charge in [0, 0.05) is 34.4 Å². The Kier molecular flexibility index (Phi) is 9.24. The number of hydrogen-bond acceptors (Lipinski definition) is 5. The summed E-state index contributed by atoms with van der Waals surface area (Å²) in [6, 6.07) is 38.8. The van der Waals surface area contributed by atoms with Crippen LogP contribution in [-0.4, -0.2) is 16.9 Å². The Morgan fingerprint density at radius 1 is 0.796 bits per heavy atom. The molecule has 6 heteroatoms. The van der Waals surface area contributed by atoms with Crippen molar-refractivity contribution in [3.63, 3.8) is 0 Å². The van der Waals surface area contributed by atoms with Crippen molar-refractivity contribution in [2.75, 3.05) is 4.90 Å². The number of fused-ring (bicyclic) bond motifs is 2. The molecule has 0 spiro atoms. The summed E-state index contributed by atoms with van der Waals surface area (Å²) in [6.45, 7) is 8.70. The Labute approximate surface area is 304 Å². The third kappa shape index (κ3) is 6.34. The van der Waals surface area contributed by atoms with Gasteiger partial charge in [0.25, 0.3) is 0 Å². The molecule has 2 atom stereocenters. The Morgan fingerprint density at radius 3 is 2.29 bits per heavy atom. The first kappa shape index (κ1) is 33.3. The second kappa shape index (κ2) is 13.6. The Balaban J connectivity index is 0.00000378. The fourth-order valence-corrected chi connectivity index (χ4v) is 7.86. The standard InChI is InChI=1S/C43H41N3O2.Pt/c1-28-22-32(42-45-39(30-14-7-5-8-15-30)40(48-42)31-16-9-6-10-17-31)26-34(24-28)47-35-25-29(2)23-33(27-35)46-38-20-12-11-18-36(38)43(3,4)37-19-13-21-44-41(37)46;/h6,9-13,16-25,30,39-40H,5,7-8,14-15H2,1-4H3;/q-2;+2/t39-,40-;/m1./s1. The van der Waals surface area contributed by atoms with Crippen LogP contribution in [0.3, 0.4) is 0 Å². The SMILES string of the molecule is Cc1cc(Oc2[c-]c(N3c4ccccc4C(C)(C)c4cccnc43)cc(C)c2)[c-]c(C2=N[C@H](C3CCCCC3)[C@@H](c3ccccc3)O2)c1.[Pt+2]. The Hall–Kier alpha value is -4.21. The molecule has 1 aliphatic carbocycles. The first-order valence-corrected chi connectivity index (χ1v) is 17.3. The molecule has 3 heterocycles. The van der Waals surface area contributed by atoms with Gasteiger partial charge in [0.05, 0.1) is 6.04 Å². The summed E-state index contributed by atoms with van der Waals surface area (Å²) in [4.78, 5) is 12.3. The number of para-hydroxylation sites is 1. The molecule has 4 aromatic carbocycles. The second-order valence-electron chi connectivity index (χ2n) is 14.1. The molecule has 8 rings (SSSR count). The predicted octanol–water partition coefficient (Wildman–Crippen LogP) is 10.7. The minimum Gasteiger partial charge on any atom is -0.510 e. The van der Waals surface area contributed by atoms with Gasteiger partial charge in [-0.3, -0.25) is 4.99 Å². The van der Waals surface area contributed by atoms with Crippen LogP contribution in [0.15, 0.2) is 102 Å². The van der Waals surface area contributed by atoms with Gasteiger partial charge in [0.2, 0.25) is 0 Å². The average molecular weight is 827 g/mol. The number of pyridine rings is 1. The van der Waals surface area contributed by atoms with Crippen molar-refractivity contribution < 1.29 is 30.5 Å². The van der Waals surface area contributed by atoms with Crippen molar-refractivity contribution in [2.45, 2.75) is 77.4 Å².